The summed E-state index contributed by atoms with van der Waals surface area (Å²) in [6.07, 6.45) is 0. The second kappa shape index (κ2) is 24.0. The molecule has 0 N–H and O–H groups in total. The van der Waals surface area contributed by atoms with E-state index in [9.17, 15) is 0 Å². The topological polar surface area (TPSA) is 0 Å². The molecule has 0 saturated carbocycles. The van der Waals surface area contributed by atoms with Gasteiger partial charge in [-0.05, 0) is 0 Å². The maximum Gasteiger partial charge on any atom is 0 e. The normalized spacial score (nSPS) is 0. The molecule has 5 heteroatoms. The monoisotopic (exact) mass is 595 g/mol. The van der Waals surface area contributed by atoms with Gasteiger partial charge in [-0.3, -0.25) is 0 Å². The van der Waals surface area contributed by atoms with Crippen molar-refractivity contribution in [1.82, 2.24) is 0 Å². The predicted molar refractivity (Wildman–Crippen MR) is 9.94 cm³/mol. The van der Waals surface area contributed by atoms with Crippen LogP contribution in [0.5, 0.6) is 0 Å². The minimum atomic E-state index is 0. The molecule has 0 aliphatic rings. The summed E-state index contributed by atoms with van der Waals surface area (Å²) in [6.45, 7) is 0. The molecular weight excluding hydrogens is 592 g/mol. The second-order valence-electron chi connectivity index (χ2n) is 0. The first-order chi connectivity index (χ1) is 0. The molecule has 0 saturated heterocycles. The number of rotatable bonds is 0. The zero-order valence-electron chi connectivity index (χ0n) is 2.51. The van der Waals surface area contributed by atoms with Crippen molar-refractivity contribution in [3.63, 3.8) is 0 Å². The zero-order valence-corrected chi connectivity index (χ0v) is 16.2. The van der Waals surface area contributed by atoms with Gasteiger partial charge in [0, 0.05) is 105 Å². The van der Waals surface area contributed by atoms with E-state index in [2.05, 4.69) is 0 Å². The molecule has 0 heterocycles. The van der Waals surface area contributed by atoms with E-state index in [1.807, 2.05) is 0 Å². The van der Waals surface area contributed by atoms with E-state index >= 15 is 0 Å². The first kappa shape index (κ1) is 34.8. The van der Waals surface area contributed by atoms with Crippen LogP contribution in [0.25, 0.3) is 0 Å². The maximum absolute atomic E-state index is 0. The Labute approximate surface area is 126 Å². The Morgan fingerprint density at radius 1 is 1.00 bits per heavy atom. The summed E-state index contributed by atoms with van der Waals surface area (Å²) in [7, 11) is 0. The van der Waals surface area contributed by atoms with Crippen LogP contribution >= 0.6 is 0 Å². The van der Waals surface area contributed by atoms with Crippen molar-refractivity contribution < 1.29 is 105 Å². The second-order valence-corrected chi connectivity index (χ2v) is 0. The van der Waals surface area contributed by atoms with E-state index in [1.165, 1.54) is 0 Å². The van der Waals surface area contributed by atoms with Crippen molar-refractivity contribution in [3.05, 3.63) is 0 Å². The van der Waals surface area contributed by atoms with E-state index < -0.39 is 0 Å². The molecule has 0 bridgehead atoms. The van der Waals surface area contributed by atoms with Gasteiger partial charge in [-0.15, -0.1) is 0 Å². The summed E-state index contributed by atoms with van der Waals surface area (Å²) in [6, 6.07) is 0. The van der Waals surface area contributed by atoms with Gasteiger partial charge in [0.05, 0.1) is 0 Å². The van der Waals surface area contributed by atoms with Crippen molar-refractivity contribution in [3.8, 4) is 0 Å². The molecule has 29 valence electrons. The van der Waals surface area contributed by atoms with Crippen LogP contribution in [0.1, 0.15) is 0 Å². The van der Waals surface area contributed by atoms with Crippen molar-refractivity contribution >= 4 is 24.4 Å². The van der Waals surface area contributed by atoms with Crippen molar-refractivity contribution in [2.45, 2.75) is 0 Å². The fourth-order valence-corrected chi connectivity index (χ4v) is 0. The molecule has 0 atom stereocenters. The Hall–Kier alpha value is 4.27. The Balaban J connectivity index is 0. The summed E-state index contributed by atoms with van der Waals surface area (Å²) in [5.74, 6) is 0. The first-order valence-corrected chi connectivity index (χ1v) is 0. The largest absolute Gasteiger partial charge is 0 e. The average molecular weight is 595 g/mol. The fourth-order valence-electron chi connectivity index (χ4n) is 0. The number of hydrogen-bond acceptors (Lipinski definition) is 0. The summed E-state index contributed by atoms with van der Waals surface area (Å²) in [4.78, 5) is 0. The third-order valence-corrected chi connectivity index (χ3v) is 0. The molecule has 0 spiro atoms. The smallest absolute Gasteiger partial charge is 0 e. The minimum Gasteiger partial charge on any atom is 0 e. The van der Waals surface area contributed by atoms with Crippen LogP contribution in [0.4, 0.5) is 0 Å². The van der Waals surface area contributed by atoms with Gasteiger partial charge < -0.3 is 0 Å². The molecule has 0 aromatic rings. The maximum atomic E-state index is 0. The van der Waals surface area contributed by atoms with Gasteiger partial charge in [-0.25, -0.2) is 0 Å². The molecule has 0 aromatic heterocycles. The van der Waals surface area contributed by atoms with Crippen LogP contribution in [0.3, 0.4) is 0 Å². The van der Waals surface area contributed by atoms with Gasteiger partial charge in [0.2, 0.25) is 0 Å². The molecule has 0 rings (SSSR count). The summed E-state index contributed by atoms with van der Waals surface area (Å²) >= 11 is 0. The Kier molecular flexibility index (Phi) is 167. The number of hydrogen-bond donors (Lipinski definition) is 0. The molecule has 0 fully saturated rings. The van der Waals surface area contributed by atoms with Crippen LogP contribution in [0, 0.1) is 41.7 Å². The van der Waals surface area contributed by atoms with E-state index in [4.69, 9.17) is 0 Å². The standard InChI is InChI=1S/Ce.Ru.Sb.Ta.Ti.3H. The zero-order chi connectivity index (χ0) is 0. The van der Waals surface area contributed by atoms with Crippen molar-refractivity contribution in [1.29, 1.82) is 0 Å². The molecule has 0 unspecified atom stereocenters. The van der Waals surface area contributed by atoms with Crippen molar-refractivity contribution in [2.75, 3.05) is 0 Å². The van der Waals surface area contributed by atoms with Crippen LogP contribution in [0.2, 0.25) is 0 Å². The molecule has 0 aromatic carbocycles. The molecule has 1 radical (unpaired) electrons. The van der Waals surface area contributed by atoms with Crippen LogP contribution in [-0.4, -0.2) is 24.4 Å². The van der Waals surface area contributed by atoms with E-state index in [-0.39, 0.29) is 130 Å². The van der Waals surface area contributed by atoms with Gasteiger partial charge in [0.1, 0.15) is 0 Å². The average Bonchev–Trinajstić information content (AvgIpc) is 0. The van der Waals surface area contributed by atoms with Crippen LogP contribution in [-0.2, 0) is 63.6 Å². The molecule has 0 nitrogen and oxygen atoms in total. The molecular formula is H3CeRuSbTaTi. The fraction of sp³-hybridized carbons (Fsp3) is 0. The van der Waals surface area contributed by atoms with E-state index in [0.717, 1.165) is 0 Å². The van der Waals surface area contributed by atoms with Gasteiger partial charge in [-0.1, -0.05) is 0 Å². The first-order valence-electron chi connectivity index (χ1n) is 0. The SMILES string of the molecule is [Ce].[Ru].[SbH3].[Ta].[Ti]. The minimum absolute atomic E-state index is 0. The predicted octanol–water partition coefficient (Wildman–Crippen LogP) is -1.19. The molecule has 0 aliphatic carbocycles. The van der Waals surface area contributed by atoms with Gasteiger partial charge in [-0.2, -0.15) is 0 Å². The third kappa shape index (κ3) is 17.8. The third-order valence-electron chi connectivity index (χ3n) is 0. The van der Waals surface area contributed by atoms with E-state index in [0.29, 0.717) is 0 Å². The quantitative estimate of drug-likeness (QED) is 0.310. The summed E-state index contributed by atoms with van der Waals surface area (Å²) in [5, 5.41) is 0. The van der Waals surface area contributed by atoms with Crippen LogP contribution < -0.4 is 0 Å². The van der Waals surface area contributed by atoms with Gasteiger partial charge >= 0.3 is 24.4 Å². The van der Waals surface area contributed by atoms with Crippen molar-refractivity contribution in [2.24, 2.45) is 0 Å². The summed E-state index contributed by atoms with van der Waals surface area (Å²) in [5.41, 5.74) is 0. The molecule has 0 aliphatic heterocycles. The Bertz CT molecular complexity index is 11.6. The van der Waals surface area contributed by atoms with Gasteiger partial charge in [0.15, 0.2) is 0 Å². The van der Waals surface area contributed by atoms with Crippen LogP contribution in [0.15, 0.2) is 0 Å². The Morgan fingerprint density at radius 3 is 1.00 bits per heavy atom. The van der Waals surface area contributed by atoms with E-state index in [1.54, 1.807) is 0 Å². The summed E-state index contributed by atoms with van der Waals surface area (Å²) < 4.78 is 0. The van der Waals surface area contributed by atoms with Gasteiger partial charge in [0.25, 0.3) is 0 Å². The molecule has 0 amide bonds. The molecule has 5 heavy (non-hydrogen) atoms. The Morgan fingerprint density at radius 2 is 1.00 bits per heavy atom.